The maximum absolute atomic E-state index is 11.8. The molecule has 6 heteroatoms. The van der Waals surface area contributed by atoms with E-state index in [9.17, 15) is 8.42 Å². The summed E-state index contributed by atoms with van der Waals surface area (Å²) in [7, 11) is -3.27. The van der Waals surface area contributed by atoms with Crippen molar-refractivity contribution in [3.63, 3.8) is 0 Å². The predicted molar refractivity (Wildman–Crippen MR) is 60.8 cm³/mol. The van der Waals surface area contributed by atoms with E-state index in [2.05, 4.69) is 10.0 Å². The van der Waals surface area contributed by atoms with Gasteiger partial charge in [0, 0.05) is 32.2 Å². The third-order valence-electron chi connectivity index (χ3n) is 2.35. The van der Waals surface area contributed by atoms with E-state index in [1.54, 1.807) is 0 Å². The van der Waals surface area contributed by atoms with Crippen LogP contribution in [-0.2, 0) is 10.2 Å². The van der Waals surface area contributed by atoms with E-state index in [1.807, 2.05) is 20.8 Å². The second-order valence-electron chi connectivity index (χ2n) is 4.46. The molecule has 0 aromatic carbocycles. The molecular weight excluding hydrogens is 214 g/mol. The lowest BCUT2D eigenvalue weighted by atomic mass is 10.2. The number of rotatable bonds is 4. The van der Waals surface area contributed by atoms with Crippen LogP contribution in [0.25, 0.3) is 0 Å². The number of nitrogens with one attached hydrogen (secondary N) is 2. The Labute approximate surface area is 92.4 Å². The lowest BCUT2D eigenvalue weighted by Gasteiger charge is -2.31. The van der Waals surface area contributed by atoms with Crippen LogP contribution in [0.15, 0.2) is 0 Å². The summed E-state index contributed by atoms with van der Waals surface area (Å²) in [5.74, 6) is 0.333. The van der Waals surface area contributed by atoms with E-state index < -0.39 is 10.2 Å². The molecule has 0 radical (unpaired) electrons. The van der Waals surface area contributed by atoms with E-state index in [-0.39, 0.29) is 6.04 Å². The Morgan fingerprint density at radius 2 is 2.20 bits per heavy atom. The summed E-state index contributed by atoms with van der Waals surface area (Å²) in [5.41, 5.74) is 0. The number of hydrogen-bond donors (Lipinski definition) is 2. The molecule has 0 aromatic rings. The zero-order valence-corrected chi connectivity index (χ0v) is 10.5. The largest absolute Gasteiger partial charge is 0.312 e. The average molecular weight is 235 g/mol. The van der Waals surface area contributed by atoms with Crippen LogP contribution in [0.1, 0.15) is 20.8 Å². The molecule has 0 bridgehead atoms. The summed E-state index contributed by atoms with van der Waals surface area (Å²) in [6, 6.07) is 0.231. The molecule has 1 aliphatic rings. The number of nitrogens with zero attached hydrogens (tertiary/aromatic N) is 1. The molecule has 0 amide bonds. The first-order valence-corrected chi connectivity index (χ1v) is 6.84. The molecule has 1 saturated heterocycles. The van der Waals surface area contributed by atoms with Crippen LogP contribution in [0.5, 0.6) is 0 Å². The fourth-order valence-corrected chi connectivity index (χ4v) is 2.96. The van der Waals surface area contributed by atoms with Crippen molar-refractivity contribution in [2.75, 3.05) is 26.2 Å². The van der Waals surface area contributed by atoms with Crippen molar-refractivity contribution < 1.29 is 8.42 Å². The minimum Gasteiger partial charge on any atom is -0.312 e. The van der Waals surface area contributed by atoms with E-state index in [1.165, 1.54) is 4.31 Å². The van der Waals surface area contributed by atoms with E-state index >= 15 is 0 Å². The van der Waals surface area contributed by atoms with Crippen molar-refractivity contribution in [2.45, 2.75) is 26.8 Å². The smallest absolute Gasteiger partial charge is 0.279 e. The van der Waals surface area contributed by atoms with Crippen LogP contribution in [0.3, 0.4) is 0 Å². The van der Waals surface area contributed by atoms with Gasteiger partial charge in [0.25, 0.3) is 10.2 Å². The molecule has 2 N–H and O–H groups in total. The maximum atomic E-state index is 11.8. The second-order valence-corrected chi connectivity index (χ2v) is 6.22. The lowest BCUT2D eigenvalue weighted by molar-refractivity contribution is 0.306. The number of hydrogen-bond acceptors (Lipinski definition) is 3. The van der Waals surface area contributed by atoms with Crippen LogP contribution >= 0.6 is 0 Å². The van der Waals surface area contributed by atoms with Gasteiger partial charge in [-0.2, -0.15) is 12.7 Å². The summed E-state index contributed by atoms with van der Waals surface area (Å²) in [4.78, 5) is 0. The monoisotopic (exact) mass is 235 g/mol. The van der Waals surface area contributed by atoms with E-state index in [4.69, 9.17) is 0 Å². The number of piperazine rings is 1. The molecule has 1 fully saturated rings. The molecule has 5 nitrogen and oxygen atoms in total. The standard InChI is InChI=1S/C9H21N3O2S/c1-8(2)6-11-15(13,14)12-5-4-10-9(3)7-12/h8-11H,4-7H2,1-3H3. The molecule has 15 heavy (non-hydrogen) atoms. The van der Waals surface area contributed by atoms with Gasteiger partial charge in [-0.3, -0.25) is 0 Å². The first kappa shape index (κ1) is 12.9. The van der Waals surface area contributed by atoms with Gasteiger partial charge in [-0.25, -0.2) is 4.72 Å². The summed E-state index contributed by atoms with van der Waals surface area (Å²) in [6.45, 7) is 8.30. The van der Waals surface area contributed by atoms with Crippen LogP contribution in [-0.4, -0.2) is 44.9 Å². The van der Waals surface area contributed by atoms with Crippen LogP contribution in [0, 0.1) is 5.92 Å². The van der Waals surface area contributed by atoms with Gasteiger partial charge in [0.1, 0.15) is 0 Å². The minimum absolute atomic E-state index is 0.231. The van der Waals surface area contributed by atoms with Gasteiger partial charge in [0.2, 0.25) is 0 Å². The summed E-state index contributed by atoms with van der Waals surface area (Å²) < 4.78 is 27.8. The first-order chi connectivity index (χ1) is 6.92. The van der Waals surface area contributed by atoms with Crippen LogP contribution < -0.4 is 10.0 Å². The second kappa shape index (κ2) is 5.25. The van der Waals surface area contributed by atoms with Gasteiger partial charge >= 0.3 is 0 Å². The summed E-state index contributed by atoms with van der Waals surface area (Å²) >= 11 is 0. The van der Waals surface area contributed by atoms with Gasteiger partial charge in [0.15, 0.2) is 0 Å². The van der Waals surface area contributed by atoms with Gasteiger partial charge in [-0.1, -0.05) is 13.8 Å². The maximum Gasteiger partial charge on any atom is 0.279 e. The highest BCUT2D eigenvalue weighted by molar-refractivity contribution is 7.87. The molecule has 1 heterocycles. The molecule has 1 unspecified atom stereocenters. The molecule has 1 aliphatic heterocycles. The van der Waals surface area contributed by atoms with Crippen molar-refractivity contribution >= 4 is 10.2 Å². The Morgan fingerprint density at radius 1 is 1.53 bits per heavy atom. The SMILES string of the molecule is CC(C)CNS(=O)(=O)N1CCNC(C)C1. The van der Waals surface area contributed by atoms with E-state index in [0.717, 1.165) is 6.54 Å². The molecule has 1 atom stereocenters. The van der Waals surface area contributed by atoms with Gasteiger partial charge in [-0.15, -0.1) is 0 Å². The Morgan fingerprint density at radius 3 is 2.73 bits per heavy atom. The Bertz CT molecular complexity index is 290. The third kappa shape index (κ3) is 4.06. The summed E-state index contributed by atoms with van der Waals surface area (Å²) in [5, 5.41) is 3.22. The highest BCUT2D eigenvalue weighted by atomic mass is 32.2. The van der Waals surface area contributed by atoms with Crippen LogP contribution in [0.2, 0.25) is 0 Å². The Hall–Kier alpha value is -0.170. The average Bonchev–Trinajstić information content (AvgIpc) is 2.15. The van der Waals surface area contributed by atoms with Crippen molar-refractivity contribution in [3.8, 4) is 0 Å². The normalized spacial score (nSPS) is 24.7. The van der Waals surface area contributed by atoms with Crippen LogP contribution in [0.4, 0.5) is 0 Å². The van der Waals surface area contributed by atoms with Gasteiger partial charge in [0.05, 0.1) is 0 Å². The molecule has 0 aromatic heterocycles. The van der Waals surface area contributed by atoms with Crippen molar-refractivity contribution in [1.29, 1.82) is 0 Å². The molecule has 0 spiro atoms. The lowest BCUT2D eigenvalue weighted by Crippen LogP contribution is -2.54. The molecule has 1 rings (SSSR count). The third-order valence-corrected chi connectivity index (χ3v) is 3.89. The fourth-order valence-electron chi connectivity index (χ4n) is 1.48. The van der Waals surface area contributed by atoms with Crippen molar-refractivity contribution in [2.24, 2.45) is 5.92 Å². The zero-order chi connectivity index (χ0) is 11.5. The molecule has 0 saturated carbocycles. The van der Waals surface area contributed by atoms with Gasteiger partial charge in [-0.05, 0) is 12.8 Å². The van der Waals surface area contributed by atoms with E-state index in [0.29, 0.717) is 25.6 Å². The highest BCUT2D eigenvalue weighted by Crippen LogP contribution is 2.04. The predicted octanol–water partition coefficient (Wildman–Crippen LogP) is -0.229. The minimum atomic E-state index is -3.27. The zero-order valence-electron chi connectivity index (χ0n) is 9.66. The molecule has 0 aliphatic carbocycles. The fraction of sp³-hybridized carbons (Fsp3) is 1.00. The topological polar surface area (TPSA) is 61.4 Å². The van der Waals surface area contributed by atoms with Crippen molar-refractivity contribution in [1.82, 2.24) is 14.3 Å². The molecule has 90 valence electrons. The quantitative estimate of drug-likeness (QED) is 0.707. The van der Waals surface area contributed by atoms with Crippen molar-refractivity contribution in [3.05, 3.63) is 0 Å². The molecular formula is C9H21N3O2S. The Balaban J connectivity index is 2.52. The summed E-state index contributed by atoms with van der Waals surface area (Å²) in [6.07, 6.45) is 0. The highest BCUT2D eigenvalue weighted by Gasteiger charge is 2.26. The van der Waals surface area contributed by atoms with Gasteiger partial charge < -0.3 is 5.32 Å². The first-order valence-electron chi connectivity index (χ1n) is 5.40. The Kier molecular flexibility index (Phi) is 4.51.